The van der Waals surface area contributed by atoms with E-state index >= 15 is 0 Å². The van der Waals surface area contributed by atoms with Crippen molar-refractivity contribution in [2.24, 2.45) is 0 Å². The van der Waals surface area contributed by atoms with Crippen molar-refractivity contribution < 1.29 is 17.6 Å². The van der Waals surface area contributed by atoms with Crippen LogP contribution < -0.4 is 5.73 Å². The van der Waals surface area contributed by atoms with E-state index in [-0.39, 0.29) is 0 Å². The summed E-state index contributed by atoms with van der Waals surface area (Å²) in [4.78, 5) is 0. The second kappa shape index (κ2) is 4.57. The minimum absolute atomic E-state index is 0.326. The Hall–Kier alpha value is -2.04. The van der Waals surface area contributed by atoms with Crippen LogP contribution in [-0.4, -0.2) is 0 Å². The highest BCUT2D eigenvalue weighted by Crippen LogP contribution is 2.34. The average Bonchev–Trinajstić information content (AvgIpc) is 2.30. The Balaban J connectivity index is 2.54. The van der Waals surface area contributed by atoms with Gasteiger partial charge in [0.15, 0.2) is 0 Å². The van der Waals surface area contributed by atoms with Crippen molar-refractivity contribution in [1.29, 1.82) is 0 Å². The van der Waals surface area contributed by atoms with Gasteiger partial charge in [-0.15, -0.1) is 0 Å². The molecule has 0 atom stereocenters. The topological polar surface area (TPSA) is 26.0 Å². The van der Waals surface area contributed by atoms with Gasteiger partial charge in [-0.05, 0) is 36.8 Å². The summed E-state index contributed by atoms with van der Waals surface area (Å²) in [6.07, 6.45) is -4.69. The van der Waals surface area contributed by atoms with Gasteiger partial charge in [0.1, 0.15) is 5.82 Å². The number of benzene rings is 2. The highest BCUT2D eigenvalue weighted by Gasteiger charge is 2.33. The molecule has 1 nitrogen and oxygen atoms in total. The number of hydrogen-bond acceptors (Lipinski definition) is 1. The van der Waals surface area contributed by atoms with Crippen molar-refractivity contribution in [3.05, 3.63) is 53.3 Å². The number of nitrogens with two attached hydrogens (primary N) is 1. The quantitative estimate of drug-likeness (QED) is 0.602. The van der Waals surface area contributed by atoms with E-state index in [1.54, 1.807) is 18.2 Å². The summed E-state index contributed by atoms with van der Waals surface area (Å²) in [5.41, 5.74) is 6.61. The molecule has 2 rings (SSSR count). The van der Waals surface area contributed by atoms with Crippen LogP contribution in [0.15, 0.2) is 36.4 Å². The Bertz CT molecular complexity index is 617. The summed E-state index contributed by atoms with van der Waals surface area (Å²) in [6, 6.07) is 7.92. The van der Waals surface area contributed by atoms with E-state index in [1.807, 2.05) is 6.92 Å². The molecule has 0 aliphatic carbocycles. The standard InChI is InChI=1S/C14H11F4N/c1-8-2-5-13(19)10(6-8)9-3-4-11(12(15)7-9)14(16,17)18/h2-7H,19H2,1H3. The molecule has 0 aromatic heterocycles. The van der Waals surface area contributed by atoms with E-state index in [0.29, 0.717) is 16.8 Å². The summed E-state index contributed by atoms with van der Waals surface area (Å²) in [5, 5.41) is 0. The van der Waals surface area contributed by atoms with Gasteiger partial charge >= 0.3 is 6.18 Å². The molecule has 0 spiro atoms. The van der Waals surface area contributed by atoms with Gasteiger partial charge in [-0.1, -0.05) is 17.7 Å². The Morgan fingerprint density at radius 1 is 1.00 bits per heavy atom. The number of anilines is 1. The molecule has 100 valence electrons. The molecular formula is C14H11F4N. The maximum atomic E-state index is 13.5. The number of hydrogen-bond donors (Lipinski definition) is 1. The van der Waals surface area contributed by atoms with Gasteiger partial charge in [0, 0.05) is 11.3 Å². The van der Waals surface area contributed by atoms with Gasteiger partial charge in [-0.25, -0.2) is 4.39 Å². The van der Waals surface area contributed by atoms with E-state index < -0.39 is 17.6 Å². The van der Waals surface area contributed by atoms with Crippen molar-refractivity contribution in [2.75, 3.05) is 5.73 Å². The largest absolute Gasteiger partial charge is 0.419 e. The Morgan fingerprint density at radius 2 is 1.68 bits per heavy atom. The first kappa shape index (κ1) is 13.4. The summed E-state index contributed by atoms with van der Waals surface area (Å²) in [6.45, 7) is 1.82. The molecule has 0 saturated carbocycles. The van der Waals surface area contributed by atoms with Gasteiger partial charge in [0.25, 0.3) is 0 Å². The lowest BCUT2D eigenvalue weighted by molar-refractivity contribution is -0.139. The molecule has 19 heavy (non-hydrogen) atoms. The second-order valence-corrected chi connectivity index (χ2v) is 4.28. The molecule has 0 aliphatic rings. The smallest absolute Gasteiger partial charge is 0.398 e. The van der Waals surface area contributed by atoms with Gasteiger partial charge in [-0.3, -0.25) is 0 Å². The first-order chi connectivity index (χ1) is 8.79. The fourth-order valence-electron chi connectivity index (χ4n) is 1.83. The van der Waals surface area contributed by atoms with Crippen LogP contribution in [0.4, 0.5) is 23.2 Å². The van der Waals surface area contributed by atoms with Crippen LogP contribution >= 0.6 is 0 Å². The van der Waals surface area contributed by atoms with Crippen molar-refractivity contribution in [2.45, 2.75) is 13.1 Å². The van der Waals surface area contributed by atoms with Crippen LogP contribution in [0.2, 0.25) is 0 Å². The minimum Gasteiger partial charge on any atom is -0.398 e. The lowest BCUT2D eigenvalue weighted by atomic mass is 10.00. The Kier molecular flexibility index (Phi) is 3.22. The van der Waals surface area contributed by atoms with E-state index in [4.69, 9.17) is 5.73 Å². The third-order valence-corrected chi connectivity index (χ3v) is 2.79. The molecule has 0 bridgehead atoms. The van der Waals surface area contributed by atoms with Crippen LogP contribution in [0.1, 0.15) is 11.1 Å². The van der Waals surface area contributed by atoms with Crippen LogP contribution in [0.3, 0.4) is 0 Å². The van der Waals surface area contributed by atoms with Crippen molar-refractivity contribution >= 4 is 5.69 Å². The van der Waals surface area contributed by atoms with E-state index in [2.05, 4.69) is 0 Å². The third kappa shape index (κ3) is 2.70. The van der Waals surface area contributed by atoms with Gasteiger partial charge in [0.2, 0.25) is 0 Å². The maximum Gasteiger partial charge on any atom is 0.419 e. The van der Waals surface area contributed by atoms with Crippen LogP contribution in [0.25, 0.3) is 11.1 Å². The molecule has 0 unspecified atom stereocenters. The first-order valence-electron chi connectivity index (χ1n) is 5.52. The zero-order chi connectivity index (χ0) is 14.2. The Labute approximate surface area is 107 Å². The fraction of sp³-hybridized carbons (Fsp3) is 0.143. The number of halogens is 4. The minimum atomic E-state index is -4.69. The zero-order valence-electron chi connectivity index (χ0n) is 10.1. The predicted octanol–water partition coefficient (Wildman–Crippen LogP) is 4.40. The molecule has 0 amide bonds. The van der Waals surface area contributed by atoms with Crippen LogP contribution in [-0.2, 0) is 6.18 Å². The van der Waals surface area contributed by atoms with Gasteiger partial charge in [-0.2, -0.15) is 13.2 Å². The summed E-state index contributed by atoms with van der Waals surface area (Å²) >= 11 is 0. The molecule has 0 aliphatic heterocycles. The number of alkyl halides is 3. The second-order valence-electron chi connectivity index (χ2n) is 4.28. The fourth-order valence-corrected chi connectivity index (χ4v) is 1.83. The summed E-state index contributed by atoms with van der Waals surface area (Å²) in [7, 11) is 0. The monoisotopic (exact) mass is 269 g/mol. The first-order valence-corrected chi connectivity index (χ1v) is 5.52. The number of aryl methyl sites for hydroxylation is 1. The molecule has 0 saturated heterocycles. The lowest BCUT2D eigenvalue weighted by Gasteiger charge is -2.11. The third-order valence-electron chi connectivity index (χ3n) is 2.79. The molecule has 0 radical (unpaired) electrons. The summed E-state index contributed by atoms with van der Waals surface area (Å²) < 4.78 is 50.9. The highest BCUT2D eigenvalue weighted by atomic mass is 19.4. The molecule has 0 heterocycles. The highest BCUT2D eigenvalue weighted by molar-refractivity contribution is 5.77. The average molecular weight is 269 g/mol. The number of nitrogen functional groups attached to an aromatic ring is 1. The molecule has 2 aromatic carbocycles. The zero-order valence-corrected chi connectivity index (χ0v) is 10.1. The SMILES string of the molecule is Cc1ccc(N)c(-c2ccc(C(F)(F)F)c(F)c2)c1. The molecule has 2 N–H and O–H groups in total. The summed E-state index contributed by atoms with van der Waals surface area (Å²) in [5.74, 6) is -1.30. The Morgan fingerprint density at radius 3 is 2.26 bits per heavy atom. The maximum absolute atomic E-state index is 13.5. The lowest BCUT2D eigenvalue weighted by Crippen LogP contribution is -2.08. The van der Waals surface area contributed by atoms with Gasteiger partial charge < -0.3 is 5.73 Å². The van der Waals surface area contributed by atoms with E-state index in [1.165, 1.54) is 6.07 Å². The van der Waals surface area contributed by atoms with Crippen LogP contribution in [0, 0.1) is 12.7 Å². The van der Waals surface area contributed by atoms with E-state index in [0.717, 1.165) is 17.7 Å². The van der Waals surface area contributed by atoms with Crippen molar-refractivity contribution in [3.8, 4) is 11.1 Å². The molecule has 5 heteroatoms. The molecule has 0 fully saturated rings. The normalized spacial score (nSPS) is 11.6. The van der Waals surface area contributed by atoms with Crippen LogP contribution in [0.5, 0.6) is 0 Å². The predicted molar refractivity (Wildman–Crippen MR) is 66.0 cm³/mol. The molecular weight excluding hydrogens is 258 g/mol. The number of rotatable bonds is 1. The van der Waals surface area contributed by atoms with E-state index in [9.17, 15) is 17.6 Å². The van der Waals surface area contributed by atoms with Gasteiger partial charge in [0.05, 0.1) is 5.56 Å². The van der Waals surface area contributed by atoms with Crippen molar-refractivity contribution in [3.63, 3.8) is 0 Å². The van der Waals surface area contributed by atoms with Crippen molar-refractivity contribution in [1.82, 2.24) is 0 Å². The molecule has 2 aromatic rings.